The molecular weight excluding hydrogens is 258 g/mol. The second-order valence-corrected chi connectivity index (χ2v) is 5.95. The Morgan fingerprint density at radius 3 is 3.16 bits per heavy atom. The van der Waals surface area contributed by atoms with Gasteiger partial charge in [-0.1, -0.05) is 13.0 Å². The third-order valence-corrected chi connectivity index (χ3v) is 4.46. The van der Waals surface area contributed by atoms with Gasteiger partial charge in [0.25, 0.3) is 0 Å². The lowest BCUT2D eigenvalue weighted by Gasteiger charge is -2.33. The Bertz CT molecular complexity index is 374. The minimum Gasteiger partial charge on any atom is -0.350 e. The number of piperidine rings is 1. The van der Waals surface area contributed by atoms with Gasteiger partial charge in [0.2, 0.25) is 5.91 Å². The van der Waals surface area contributed by atoms with Crippen LogP contribution in [0.15, 0.2) is 17.5 Å². The van der Waals surface area contributed by atoms with Crippen LogP contribution in [-0.4, -0.2) is 43.0 Å². The molecule has 4 nitrogen and oxygen atoms in total. The summed E-state index contributed by atoms with van der Waals surface area (Å²) >= 11 is 1.68. The van der Waals surface area contributed by atoms with Crippen molar-refractivity contribution >= 4 is 17.2 Å². The van der Waals surface area contributed by atoms with E-state index in [2.05, 4.69) is 22.5 Å². The molecule has 2 N–H and O–H groups in total. The standard InChI is InChI=1S/C14H23N3OS/c1-2-17(12-5-3-7-15-9-12)11-14(18)16-10-13-6-4-8-19-13/h4,6,8,12,15H,2-3,5,7,9-11H2,1H3,(H,16,18). The molecule has 1 atom stereocenters. The quantitative estimate of drug-likeness (QED) is 0.829. The smallest absolute Gasteiger partial charge is 0.234 e. The van der Waals surface area contributed by atoms with Crippen LogP contribution in [0.1, 0.15) is 24.6 Å². The van der Waals surface area contributed by atoms with Crippen LogP contribution in [0, 0.1) is 0 Å². The SMILES string of the molecule is CCN(CC(=O)NCc1cccs1)C1CCCNC1. The zero-order valence-electron chi connectivity index (χ0n) is 11.5. The lowest BCUT2D eigenvalue weighted by atomic mass is 10.1. The number of hydrogen-bond acceptors (Lipinski definition) is 4. The zero-order valence-corrected chi connectivity index (χ0v) is 12.3. The molecule has 1 unspecified atom stereocenters. The normalized spacial score (nSPS) is 19.6. The van der Waals surface area contributed by atoms with Crippen molar-refractivity contribution in [3.05, 3.63) is 22.4 Å². The van der Waals surface area contributed by atoms with E-state index in [1.165, 1.54) is 17.7 Å². The van der Waals surface area contributed by atoms with Gasteiger partial charge in [-0.25, -0.2) is 0 Å². The molecule has 0 bridgehead atoms. The Kier molecular flexibility index (Phi) is 5.82. The van der Waals surface area contributed by atoms with Crippen molar-refractivity contribution in [1.82, 2.24) is 15.5 Å². The predicted octanol–water partition coefficient (Wildman–Crippen LogP) is 1.44. The van der Waals surface area contributed by atoms with Gasteiger partial charge in [-0.3, -0.25) is 9.69 Å². The first-order valence-corrected chi connectivity index (χ1v) is 7.91. The molecule has 1 aromatic rings. The van der Waals surface area contributed by atoms with Gasteiger partial charge in [0.1, 0.15) is 0 Å². The van der Waals surface area contributed by atoms with E-state index in [-0.39, 0.29) is 5.91 Å². The summed E-state index contributed by atoms with van der Waals surface area (Å²) < 4.78 is 0. The summed E-state index contributed by atoms with van der Waals surface area (Å²) in [5.41, 5.74) is 0. The van der Waals surface area contributed by atoms with E-state index in [4.69, 9.17) is 0 Å². The van der Waals surface area contributed by atoms with Crippen molar-refractivity contribution < 1.29 is 4.79 Å². The average Bonchev–Trinajstić information content (AvgIpc) is 2.97. The third kappa shape index (κ3) is 4.60. The second-order valence-electron chi connectivity index (χ2n) is 4.92. The number of carbonyl (C=O) groups is 1. The van der Waals surface area contributed by atoms with Crippen LogP contribution >= 0.6 is 11.3 Å². The number of hydrogen-bond donors (Lipinski definition) is 2. The molecule has 2 heterocycles. The number of carbonyl (C=O) groups excluding carboxylic acids is 1. The van der Waals surface area contributed by atoms with E-state index in [0.717, 1.165) is 19.6 Å². The number of thiophene rings is 1. The zero-order chi connectivity index (χ0) is 13.5. The number of amides is 1. The monoisotopic (exact) mass is 281 g/mol. The maximum absolute atomic E-state index is 12.0. The van der Waals surface area contributed by atoms with Crippen molar-refractivity contribution in [3.8, 4) is 0 Å². The van der Waals surface area contributed by atoms with E-state index in [1.807, 2.05) is 17.5 Å². The maximum atomic E-state index is 12.0. The summed E-state index contributed by atoms with van der Waals surface area (Å²) in [6.45, 7) is 6.33. The predicted molar refractivity (Wildman–Crippen MR) is 79.3 cm³/mol. The Hall–Kier alpha value is -0.910. The highest BCUT2D eigenvalue weighted by molar-refractivity contribution is 7.09. The van der Waals surface area contributed by atoms with Crippen LogP contribution in [0.25, 0.3) is 0 Å². The highest BCUT2D eigenvalue weighted by Gasteiger charge is 2.21. The molecule has 0 spiro atoms. The van der Waals surface area contributed by atoms with Crippen molar-refractivity contribution in [2.24, 2.45) is 0 Å². The fourth-order valence-electron chi connectivity index (χ4n) is 2.48. The van der Waals surface area contributed by atoms with Crippen molar-refractivity contribution in [2.45, 2.75) is 32.4 Å². The van der Waals surface area contributed by atoms with E-state index < -0.39 is 0 Å². The Balaban J connectivity index is 1.75. The van der Waals surface area contributed by atoms with E-state index in [9.17, 15) is 4.79 Å². The molecule has 1 fully saturated rings. The van der Waals surface area contributed by atoms with Crippen molar-refractivity contribution in [3.63, 3.8) is 0 Å². The second kappa shape index (κ2) is 7.62. The van der Waals surface area contributed by atoms with Gasteiger partial charge in [0.05, 0.1) is 13.1 Å². The van der Waals surface area contributed by atoms with E-state index in [0.29, 0.717) is 19.1 Å². The number of nitrogens with one attached hydrogen (secondary N) is 2. The molecule has 106 valence electrons. The summed E-state index contributed by atoms with van der Waals surface area (Å²) in [4.78, 5) is 15.5. The van der Waals surface area contributed by atoms with Gasteiger partial charge in [0.15, 0.2) is 0 Å². The number of likely N-dealkylation sites (N-methyl/N-ethyl adjacent to an activating group) is 1. The van der Waals surface area contributed by atoms with Gasteiger partial charge < -0.3 is 10.6 Å². The van der Waals surface area contributed by atoms with Crippen LogP contribution in [0.2, 0.25) is 0 Å². The Labute approximate surface area is 119 Å². The summed E-state index contributed by atoms with van der Waals surface area (Å²) in [6.07, 6.45) is 2.40. The molecular formula is C14H23N3OS. The molecule has 1 aliphatic heterocycles. The third-order valence-electron chi connectivity index (χ3n) is 3.58. The van der Waals surface area contributed by atoms with Gasteiger partial charge >= 0.3 is 0 Å². The van der Waals surface area contributed by atoms with Gasteiger partial charge in [-0.15, -0.1) is 11.3 Å². The fourth-order valence-corrected chi connectivity index (χ4v) is 3.13. The summed E-state index contributed by atoms with van der Waals surface area (Å²) in [5, 5.41) is 8.44. The molecule has 0 radical (unpaired) electrons. The van der Waals surface area contributed by atoms with Crippen LogP contribution in [-0.2, 0) is 11.3 Å². The van der Waals surface area contributed by atoms with Crippen molar-refractivity contribution in [1.29, 1.82) is 0 Å². The van der Waals surface area contributed by atoms with Crippen LogP contribution < -0.4 is 10.6 Å². The molecule has 0 saturated carbocycles. The first-order valence-electron chi connectivity index (χ1n) is 7.03. The molecule has 0 aliphatic carbocycles. The Morgan fingerprint density at radius 2 is 2.53 bits per heavy atom. The summed E-state index contributed by atoms with van der Waals surface area (Å²) in [7, 11) is 0. The molecule has 1 saturated heterocycles. The Morgan fingerprint density at radius 1 is 1.63 bits per heavy atom. The summed E-state index contributed by atoms with van der Waals surface area (Å²) in [6, 6.07) is 4.57. The fraction of sp³-hybridized carbons (Fsp3) is 0.643. The average molecular weight is 281 g/mol. The molecule has 1 aliphatic rings. The number of rotatable bonds is 6. The van der Waals surface area contributed by atoms with Crippen molar-refractivity contribution in [2.75, 3.05) is 26.2 Å². The topological polar surface area (TPSA) is 44.4 Å². The van der Waals surface area contributed by atoms with Crippen LogP contribution in [0.4, 0.5) is 0 Å². The molecule has 19 heavy (non-hydrogen) atoms. The first kappa shape index (κ1) is 14.5. The largest absolute Gasteiger partial charge is 0.350 e. The summed E-state index contributed by atoms with van der Waals surface area (Å²) in [5.74, 6) is 0.126. The highest BCUT2D eigenvalue weighted by atomic mass is 32.1. The first-order chi connectivity index (χ1) is 9.29. The molecule has 5 heteroatoms. The minimum atomic E-state index is 0.126. The maximum Gasteiger partial charge on any atom is 0.234 e. The lowest BCUT2D eigenvalue weighted by Crippen LogP contribution is -2.49. The van der Waals surface area contributed by atoms with Gasteiger partial charge in [-0.2, -0.15) is 0 Å². The van der Waals surface area contributed by atoms with Gasteiger partial charge in [-0.05, 0) is 37.4 Å². The lowest BCUT2D eigenvalue weighted by molar-refractivity contribution is -0.123. The molecule has 1 aromatic heterocycles. The highest BCUT2D eigenvalue weighted by Crippen LogP contribution is 2.10. The van der Waals surface area contributed by atoms with Gasteiger partial charge in [0, 0.05) is 17.5 Å². The van der Waals surface area contributed by atoms with E-state index in [1.54, 1.807) is 11.3 Å². The van der Waals surface area contributed by atoms with Crippen LogP contribution in [0.5, 0.6) is 0 Å². The molecule has 0 aromatic carbocycles. The minimum absolute atomic E-state index is 0.126. The number of nitrogens with zero attached hydrogens (tertiary/aromatic N) is 1. The van der Waals surface area contributed by atoms with E-state index >= 15 is 0 Å². The molecule has 2 rings (SSSR count). The van der Waals surface area contributed by atoms with Crippen LogP contribution in [0.3, 0.4) is 0 Å². The molecule has 1 amide bonds.